The van der Waals surface area contributed by atoms with Crippen molar-refractivity contribution in [2.24, 2.45) is 0 Å². The van der Waals surface area contributed by atoms with Crippen LogP contribution in [-0.2, 0) is 9.53 Å². The molecule has 24 heavy (non-hydrogen) atoms. The second kappa shape index (κ2) is 8.02. The van der Waals surface area contributed by atoms with Crippen LogP contribution >= 0.6 is 11.8 Å². The summed E-state index contributed by atoms with van der Waals surface area (Å²) >= 11 is 1.10. The molecule has 0 aliphatic carbocycles. The van der Waals surface area contributed by atoms with E-state index in [0.717, 1.165) is 22.2 Å². The minimum Gasteiger partial charge on any atom is -0.444 e. The summed E-state index contributed by atoms with van der Waals surface area (Å²) in [5.41, 5.74) is 0.0952. The van der Waals surface area contributed by atoms with Gasteiger partial charge in [-0.3, -0.25) is 4.79 Å². The van der Waals surface area contributed by atoms with E-state index in [0.29, 0.717) is 0 Å². The second-order valence-corrected chi connectivity index (χ2v) is 7.30. The molecule has 1 atom stereocenters. The molecule has 2 aromatic carbocycles. The highest BCUT2D eigenvalue weighted by Gasteiger charge is 2.26. The molecule has 0 spiro atoms. The first-order chi connectivity index (χ1) is 11.3. The van der Waals surface area contributed by atoms with Crippen molar-refractivity contribution in [3.05, 3.63) is 66.2 Å². The van der Waals surface area contributed by atoms with Gasteiger partial charge in [-0.05, 0) is 50.2 Å². The van der Waals surface area contributed by atoms with Crippen LogP contribution in [0.1, 0.15) is 32.4 Å². The van der Waals surface area contributed by atoms with E-state index in [4.69, 9.17) is 4.74 Å². The van der Waals surface area contributed by atoms with Gasteiger partial charge in [0.2, 0.25) is 5.12 Å². The smallest absolute Gasteiger partial charge is 0.408 e. The molecule has 0 saturated heterocycles. The van der Waals surface area contributed by atoms with E-state index >= 15 is 0 Å². The number of carbonyl (C=O) groups is 2. The molecule has 0 bridgehead atoms. The Hall–Kier alpha value is -2.27. The zero-order valence-corrected chi connectivity index (χ0v) is 14.8. The number of carbonyl (C=O) groups excluding carboxylic acids is 2. The molecule has 1 amide bonds. The molecule has 0 heterocycles. The van der Waals surface area contributed by atoms with Crippen molar-refractivity contribution in [2.45, 2.75) is 37.3 Å². The minimum atomic E-state index is -0.772. The van der Waals surface area contributed by atoms with Crippen LogP contribution in [0.3, 0.4) is 0 Å². The first kappa shape index (κ1) is 18.1. The van der Waals surface area contributed by atoms with Crippen LogP contribution in [0.2, 0.25) is 0 Å². The third-order valence-electron chi connectivity index (χ3n) is 2.99. The first-order valence-electron chi connectivity index (χ1n) is 7.66. The third-order valence-corrected chi connectivity index (χ3v) is 3.94. The van der Waals surface area contributed by atoms with Gasteiger partial charge >= 0.3 is 6.09 Å². The molecule has 4 nitrogen and oxygen atoms in total. The van der Waals surface area contributed by atoms with Crippen molar-refractivity contribution < 1.29 is 14.3 Å². The Morgan fingerprint density at radius 1 is 0.958 bits per heavy atom. The van der Waals surface area contributed by atoms with Crippen LogP contribution in [-0.4, -0.2) is 16.8 Å². The Balaban J connectivity index is 2.17. The maximum atomic E-state index is 12.7. The average molecular weight is 343 g/mol. The summed E-state index contributed by atoms with van der Waals surface area (Å²) < 4.78 is 5.28. The Morgan fingerprint density at radius 3 is 2.04 bits per heavy atom. The van der Waals surface area contributed by atoms with Gasteiger partial charge in [0, 0.05) is 4.90 Å². The quantitative estimate of drug-likeness (QED) is 0.826. The molecule has 1 unspecified atom stereocenters. The lowest BCUT2D eigenvalue weighted by Gasteiger charge is -2.23. The molecule has 0 aromatic heterocycles. The van der Waals surface area contributed by atoms with Gasteiger partial charge in [0.15, 0.2) is 0 Å². The fourth-order valence-electron chi connectivity index (χ4n) is 2.01. The molecule has 0 radical (unpaired) electrons. The van der Waals surface area contributed by atoms with E-state index in [9.17, 15) is 9.59 Å². The van der Waals surface area contributed by atoms with Crippen LogP contribution in [0.25, 0.3) is 0 Å². The van der Waals surface area contributed by atoms with Crippen molar-refractivity contribution in [1.29, 1.82) is 0 Å². The second-order valence-electron chi connectivity index (χ2n) is 6.22. The van der Waals surface area contributed by atoms with Gasteiger partial charge in [-0.15, -0.1) is 0 Å². The lowest BCUT2D eigenvalue weighted by atomic mass is 10.1. The van der Waals surface area contributed by atoms with Crippen LogP contribution in [0, 0.1) is 0 Å². The van der Waals surface area contributed by atoms with Crippen molar-refractivity contribution in [1.82, 2.24) is 5.32 Å². The molecule has 126 valence electrons. The molecule has 0 fully saturated rings. The average Bonchev–Trinajstić information content (AvgIpc) is 2.52. The highest BCUT2D eigenvalue weighted by atomic mass is 32.2. The summed E-state index contributed by atoms with van der Waals surface area (Å²) in [5.74, 6) is 0. The van der Waals surface area contributed by atoms with E-state index in [-0.39, 0.29) is 5.12 Å². The Morgan fingerprint density at radius 2 is 1.50 bits per heavy atom. The third kappa shape index (κ3) is 5.74. The van der Waals surface area contributed by atoms with E-state index in [1.54, 1.807) is 20.8 Å². The summed E-state index contributed by atoms with van der Waals surface area (Å²) in [6, 6.07) is 17.7. The number of amides is 1. The highest BCUT2D eigenvalue weighted by Crippen LogP contribution is 2.26. The first-order valence-corrected chi connectivity index (χ1v) is 8.48. The number of alkyl carbamates (subject to hydrolysis) is 1. The Kier molecular flexibility index (Phi) is 6.04. The van der Waals surface area contributed by atoms with E-state index in [2.05, 4.69) is 5.32 Å². The SMILES string of the molecule is CC(C)(C)OC(=O)NC(C(=O)Sc1ccccc1)c1ccccc1. The minimum absolute atomic E-state index is 0.168. The van der Waals surface area contributed by atoms with E-state index < -0.39 is 17.7 Å². The van der Waals surface area contributed by atoms with Crippen LogP contribution in [0.15, 0.2) is 65.6 Å². The normalized spacial score (nSPS) is 12.3. The predicted octanol–water partition coefficient (Wildman–Crippen LogP) is 4.57. The Labute approximate surface area is 146 Å². The number of benzene rings is 2. The standard InChI is InChI=1S/C19H21NO3S/c1-19(2,3)23-18(22)20-16(14-10-6-4-7-11-14)17(21)24-15-12-8-5-9-13-15/h4-13,16H,1-3H3,(H,20,22). The van der Waals surface area contributed by atoms with E-state index in [1.165, 1.54) is 0 Å². The van der Waals surface area contributed by atoms with Crippen LogP contribution < -0.4 is 5.32 Å². The van der Waals surface area contributed by atoms with Gasteiger partial charge in [0.25, 0.3) is 0 Å². The van der Waals surface area contributed by atoms with Crippen molar-refractivity contribution in [3.63, 3.8) is 0 Å². The monoisotopic (exact) mass is 343 g/mol. The number of nitrogens with one attached hydrogen (secondary N) is 1. The van der Waals surface area contributed by atoms with Gasteiger partial charge in [0.05, 0.1) is 0 Å². The molecule has 1 N–H and O–H groups in total. The van der Waals surface area contributed by atoms with Gasteiger partial charge in [0.1, 0.15) is 11.6 Å². The molecule has 0 saturated carbocycles. The van der Waals surface area contributed by atoms with Crippen LogP contribution in [0.4, 0.5) is 4.79 Å². The zero-order chi connectivity index (χ0) is 17.6. The van der Waals surface area contributed by atoms with Gasteiger partial charge in [-0.2, -0.15) is 0 Å². The summed E-state index contributed by atoms with van der Waals surface area (Å²) in [6.45, 7) is 5.35. The lowest BCUT2D eigenvalue weighted by Crippen LogP contribution is -2.37. The Bertz CT molecular complexity index is 681. The summed E-state index contributed by atoms with van der Waals surface area (Å²) in [4.78, 5) is 25.6. The topological polar surface area (TPSA) is 55.4 Å². The van der Waals surface area contributed by atoms with Crippen molar-refractivity contribution in [2.75, 3.05) is 0 Å². The number of thioether (sulfide) groups is 1. The number of hydrogen-bond donors (Lipinski definition) is 1. The number of hydrogen-bond acceptors (Lipinski definition) is 4. The predicted molar refractivity (Wildman–Crippen MR) is 95.9 cm³/mol. The van der Waals surface area contributed by atoms with Gasteiger partial charge < -0.3 is 10.1 Å². The molecular formula is C19H21NO3S. The molecule has 0 aliphatic rings. The number of rotatable bonds is 4. The highest BCUT2D eigenvalue weighted by molar-refractivity contribution is 8.13. The molecular weight excluding hydrogens is 322 g/mol. The maximum Gasteiger partial charge on any atom is 0.408 e. The lowest BCUT2D eigenvalue weighted by molar-refractivity contribution is -0.113. The van der Waals surface area contributed by atoms with E-state index in [1.807, 2.05) is 60.7 Å². The fraction of sp³-hybridized carbons (Fsp3) is 0.263. The van der Waals surface area contributed by atoms with Crippen molar-refractivity contribution in [3.8, 4) is 0 Å². The zero-order valence-electron chi connectivity index (χ0n) is 14.0. The van der Waals surface area contributed by atoms with Crippen molar-refractivity contribution >= 4 is 23.0 Å². The largest absolute Gasteiger partial charge is 0.444 e. The maximum absolute atomic E-state index is 12.7. The molecule has 2 aromatic rings. The van der Waals surface area contributed by atoms with Gasteiger partial charge in [-0.25, -0.2) is 4.79 Å². The summed E-state index contributed by atoms with van der Waals surface area (Å²) in [5, 5.41) is 2.51. The molecule has 5 heteroatoms. The van der Waals surface area contributed by atoms with Crippen LogP contribution in [0.5, 0.6) is 0 Å². The van der Waals surface area contributed by atoms with Gasteiger partial charge in [-0.1, -0.05) is 48.5 Å². The molecule has 0 aliphatic heterocycles. The molecule has 2 rings (SSSR count). The summed E-state index contributed by atoms with van der Waals surface area (Å²) in [6.07, 6.45) is -0.613. The number of ether oxygens (including phenoxy) is 1. The fourth-order valence-corrected chi connectivity index (χ4v) is 2.85. The summed E-state index contributed by atoms with van der Waals surface area (Å²) in [7, 11) is 0.